The SMILES string of the molecule is CCC([O])NC1CCCC2CC=CCC21. The number of nitrogens with one attached hydrogen (secondary N) is 1. The van der Waals surface area contributed by atoms with Crippen molar-refractivity contribution in [3.05, 3.63) is 12.2 Å². The molecule has 1 N–H and O–H groups in total. The molecular formula is C13H22NO. The van der Waals surface area contributed by atoms with Gasteiger partial charge < -0.3 is 0 Å². The molecule has 2 aliphatic carbocycles. The summed E-state index contributed by atoms with van der Waals surface area (Å²) in [5, 5.41) is 14.8. The summed E-state index contributed by atoms with van der Waals surface area (Å²) in [6.45, 7) is 1.96. The number of allylic oxidation sites excluding steroid dienone is 2. The minimum absolute atomic E-state index is 0.483. The highest BCUT2D eigenvalue weighted by molar-refractivity contribution is 5.00. The van der Waals surface area contributed by atoms with E-state index in [0.29, 0.717) is 12.5 Å². The van der Waals surface area contributed by atoms with E-state index in [2.05, 4.69) is 17.5 Å². The van der Waals surface area contributed by atoms with Crippen molar-refractivity contribution in [2.45, 2.75) is 57.7 Å². The van der Waals surface area contributed by atoms with Crippen LogP contribution in [0.3, 0.4) is 0 Å². The molecule has 0 aromatic carbocycles. The lowest BCUT2D eigenvalue weighted by atomic mass is 9.70. The van der Waals surface area contributed by atoms with Crippen LogP contribution in [-0.2, 0) is 5.11 Å². The van der Waals surface area contributed by atoms with Gasteiger partial charge in [-0.1, -0.05) is 25.5 Å². The second-order valence-electron chi connectivity index (χ2n) is 4.97. The molecule has 1 radical (unpaired) electrons. The van der Waals surface area contributed by atoms with Gasteiger partial charge in [0.15, 0.2) is 0 Å². The van der Waals surface area contributed by atoms with Crippen molar-refractivity contribution in [2.75, 3.05) is 0 Å². The smallest absolute Gasteiger partial charge is 0.143 e. The molecule has 85 valence electrons. The quantitative estimate of drug-likeness (QED) is 0.561. The molecule has 0 saturated heterocycles. The maximum Gasteiger partial charge on any atom is 0.143 e. The van der Waals surface area contributed by atoms with Crippen LogP contribution < -0.4 is 5.32 Å². The summed E-state index contributed by atoms with van der Waals surface area (Å²) in [6.07, 6.45) is 11.0. The van der Waals surface area contributed by atoms with Gasteiger partial charge in [0.1, 0.15) is 6.23 Å². The third-order valence-corrected chi connectivity index (χ3v) is 4.00. The third-order valence-electron chi connectivity index (χ3n) is 4.00. The van der Waals surface area contributed by atoms with Gasteiger partial charge in [0, 0.05) is 6.04 Å². The summed E-state index contributed by atoms with van der Waals surface area (Å²) in [7, 11) is 0. The Hall–Kier alpha value is -0.340. The maximum absolute atomic E-state index is 11.5. The van der Waals surface area contributed by atoms with Crippen LogP contribution in [0.4, 0.5) is 0 Å². The van der Waals surface area contributed by atoms with Gasteiger partial charge in [-0.3, -0.25) is 5.32 Å². The molecule has 0 spiro atoms. The fraction of sp³-hybridized carbons (Fsp3) is 0.846. The molecule has 1 saturated carbocycles. The first-order chi connectivity index (χ1) is 7.31. The highest BCUT2D eigenvalue weighted by Crippen LogP contribution is 2.38. The summed E-state index contributed by atoms with van der Waals surface area (Å²) in [6, 6.07) is 0.483. The summed E-state index contributed by atoms with van der Waals surface area (Å²) in [5.74, 6) is 1.57. The van der Waals surface area contributed by atoms with Crippen LogP contribution >= 0.6 is 0 Å². The molecule has 2 nitrogen and oxygen atoms in total. The Balaban J connectivity index is 1.95. The summed E-state index contributed by atoms with van der Waals surface area (Å²) >= 11 is 0. The lowest BCUT2D eigenvalue weighted by Gasteiger charge is -2.40. The number of hydrogen-bond acceptors (Lipinski definition) is 1. The summed E-state index contributed by atoms with van der Waals surface area (Å²) in [4.78, 5) is 0. The van der Waals surface area contributed by atoms with E-state index in [0.717, 1.165) is 11.8 Å². The molecule has 2 rings (SSSR count). The van der Waals surface area contributed by atoms with Gasteiger partial charge in [0.05, 0.1) is 0 Å². The minimum atomic E-state index is -0.556. The van der Waals surface area contributed by atoms with Crippen LogP contribution in [0.2, 0.25) is 0 Å². The van der Waals surface area contributed by atoms with Gasteiger partial charge >= 0.3 is 0 Å². The summed E-state index contributed by atoms with van der Waals surface area (Å²) < 4.78 is 0. The fourth-order valence-corrected chi connectivity index (χ4v) is 3.09. The van der Waals surface area contributed by atoms with Crippen LogP contribution in [0.5, 0.6) is 0 Å². The van der Waals surface area contributed by atoms with Crippen LogP contribution in [-0.4, -0.2) is 12.3 Å². The van der Waals surface area contributed by atoms with Crippen LogP contribution in [0, 0.1) is 11.8 Å². The maximum atomic E-state index is 11.5. The monoisotopic (exact) mass is 208 g/mol. The third kappa shape index (κ3) is 2.61. The number of hydrogen-bond donors (Lipinski definition) is 1. The number of rotatable bonds is 3. The van der Waals surface area contributed by atoms with Gasteiger partial charge in [0.2, 0.25) is 0 Å². The minimum Gasteiger partial charge on any atom is -0.286 e. The zero-order valence-electron chi connectivity index (χ0n) is 9.61. The molecular weight excluding hydrogens is 186 g/mol. The Kier molecular flexibility index (Phi) is 3.81. The largest absolute Gasteiger partial charge is 0.286 e. The zero-order valence-corrected chi connectivity index (χ0v) is 9.61. The van der Waals surface area contributed by atoms with Crippen molar-refractivity contribution >= 4 is 0 Å². The second kappa shape index (κ2) is 5.13. The first-order valence-corrected chi connectivity index (χ1v) is 6.38. The average molecular weight is 208 g/mol. The van der Waals surface area contributed by atoms with Crippen molar-refractivity contribution in [3.63, 3.8) is 0 Å². The highest BCUT2D eigenvalue weighted by Gasteiger charge is 2.33. The van der Waals surface area contributed by atoms with Gasteiger partial charge in [-0.15, -0.1) is 0 Å². The Morgan fingerprint density at radius 1 is 1.33 bits per heavy atom. The van der Waals surface area contributed by atoms with E-state index in [4.69, 9.17) is 0 Å². The molecule has 4 unspecified atom stereocenters. The molecule has 1 fully saturated rings. The Labute approximate surface area is 92.8 Å². The van der Waals surface area contributed by atoms with Crippen molar-refractivity contribution in [3.8, 4) is 0 Å². The highest BCUT2D eigenvalue weighted by atomic mass is 16.3. The van der Waals surface area contributed by atoms with Crippen LogP contribution in [0.1, 0.15) is 45.4 Å². The molecule has 2 heteroatoms. The van der Waals surface area contributed by atoms with Gasteiger partial charge in [0.25, 0.3) is 0 Å². The second-order valence-corrected chi connectivity index (χ2v) is 4.97. The van der Waals surface area contributed by atoms with Gasteiger partial charge in [-0.25, -0.2) is 5.11 Å². The van der Waals surface area contributed by atoms with E-state index in [1.54, 1.807) is 0 Å². The molecule has 2 aliphatic rings. The molecule has 15 heavy (non-hydrogen) atoms. The van der Waals surface area contributed by atoms with Crippen molar-refractivity contribution < 1.29 is 5.11 Å². The summed E-state index contributed by atoms with van der Waals surface area (Å²) in [5.41, 5.74) is 0. The Morgan fingerprint density at radius 3 is 2.93 bits per heavy atom. The predicted molar refractivity (Wildman–Crippen MR) is 60.9 cm³/mol. The van der Waals surface area contributed by atoms with Crippen molar-refractivity contribution in [1.82, 2.24) is 5.32 Å². The first-order valence-electron chi connectivity index (χ1n) is 6.38. The normalized spacial score (nSPS) is 37.3. The van der Waals surface area contributed by atoms with Crippen LogP contribution in [0.15, 0.2) is 12.2 Å². The molecule has 0 aromatic rings. The molecule has 0 bridgehead atoms. The molecule has 0 aliphatic heterocycles. The van der Waals surface area contributed by atoms with E-state index < -0.39 is 6.23 Å². The van der Waals surface area contributed by atoms with E-state index in [-0.39, 0.29) is 0 Å². The van der Waals surface area contributed by atoms with Crippen LogP contribution in [0.25, 0.3) is 0 Å². The standard InChI is InChI=1S/C13H22NO/c1-2-13(15)14-12-9-5-7-10-6-3-4-8-11(10)12/h3-4,10-14H,2,5-9H2,1H3. The average Bonchev–Trinajstić information content (AvgIpc) is 2.29. The van der Waals surface area contributed by atoms with Gasteiger partial charge in [-0.05, 0) is 43.9 Å². The Bertz CT molecular complexity index is 227. The predicted octanol–water partition coefficient (Wildman–Crippen LogP) is 2.88. The van der Waals surface area contributed by atoms with Crippen molar-refractivity contribution in [1.29, 1.82) is 0 Å². The zero-order chi connectivity index (χ0) is 10.7. The van der Waals surface area contributed by atoms with E-state index in [1.807, 2.05) is 6.92 Å². The number of fused-ring (bicyclic) bond motifs is 1. The lowest BCUT2D eigenvalue weighted by molar-refractivity contribution is 0.0221. The van der Waals surface area contributed by atoms with E-state index in [1.165, 1.54) is 32.1 Å². The van der Waals surface area contributed by atoms with E-state index in [9.17, 15) is 5.11 Å². The topological polar surface area (TPSA) is 31.9 Å². The molecule has 0 aromatic heterocycles. The first kappa shape index (κ1) is 11.2. The fourth-order valence-electron chi connectivity index (χ4n) is 3.09. The van der Waals surface area contributed by atoms with Gasteiger partial charge in [-0.2, -0.15) is 0 Å². The molecule has 4 atom stereocenters. The lowest BCUT2D eigenvalue weighted by Crippen LogP contribution is -2.47. The van der Waals surface area contributed by atoms with Crippen molar-refractivity contribution in [2.24, 2.45) is 11.8 Å². The Morgan fingerprint density at radius 2 is 2.13 bits per heavy atom. The molecule has 0 amide bonds. The van der Waals surface area contributed by atoms with E-state index >= 15 is 0 Å². The molecule has 0 heterocycles.